The van der Waals surface area contributed by atoms with Gasteiger partial charge in [-0.05, 0) is 36.8 Å². The minimum atomic E-state index is -0.507. The maximum atomic E-state index is 13.4. The largest absolute Gasteiger partial charge is 0.324 e. The van der Waals surface area contributed by atoms with E-state index >= 15 is 0 Å². The minimum Gasteiger partial charge on any atom is -0.324 e. The van der Waals surface area contributed by atoms with Crippen molar-refractivity contribution in [1.82, 2.24) is 9.97 Å². The number of anilines is 1. The summed E-state index contributed by atoms with van der Waals surface area (Å²) in [5, 5.41) is 3.57. The van der Waals surface area contributed by atoms with E-state index in [2.05, 4.69) is 56.8 Å². The van der Waals surface area contributed by atoms with Gasteiger partial charge in [0.2, 0.25) is 5.91 Å². The highest BCUT2D eigenvalue weighted by Gasteiger charge is 2.42. The Labute approximate surface area is 162 Å². The number of nitrogens with zero attached hydrogens (tertiary/aromatic N) is 1. The number of H-pyrrole nitrogens is 1. The molecule has 2 unspecified atom stereocenters. The lowest BCUT2D eigenvalue weighted by Crippen LogP contribution is -2.42. The Morgan fingerprint density at radius 1 is 1.26 bits per heavy atom. The first-order chi connectivity index (χ1) is 12.5. The van der Waals surface area contributed by atoms with Crippen molar-refractivity contribution in [2.75, 3.05) is 5.32 Å². The summed E-state index contributed by atoms with van der Waals surface area (Å²) in [6, 6.07) is 5.32. The van der Waals surface area contributed by atoms with E-state index in [9.17, 15) is 9.59 Å². The van der Waals surface area contributed by atoms with Crippen LogP contribution in [0.2, 0.25) is 0 Å². The molecule has 5 nitrogen and oxygen atoms in total. The molecule has 0 radical (unpaired) electrons. The molecule has 0 saturated heterocycles. The predicted octanol–water partition coefficient (Wildman–Crippen LogP) is 5.05. The second-order valence-corrected chi connectivity index (χ2v) is 8.73. The number of carbonyl (C=O) groups is 1. The van der Waals surface area contributed by atoms with Gasteiger partial charge >= 0.3 is 0 Å². The summed E-state index contributed by atoms with van der Waals surface area (Å²) in [4.78, 5) is 32.8. The van der Waals surface area contributed by atoms with Gasteiger partial charge < -0.3 is 10.3 Å². The van der Waals surface area contributed by atoms with Crippen LogP contribution in [0.15, 0.2) is 23.0 Å². The predicted molar refractivity (Wildman–Crippen MR) is 112 cm³/mol. The van der Waals surface area contributed by atoms with E-state index in [1.165, 1.54) is 0 Å². The Morgan fingerprint density at radius 2 is 1.93 bits per heavy atom. The van der Waals surface area contributed by atoms with Gasteiger partial charge in [-0.2, -0.15) is 0 Å². The Balaban J connectivity index is 2.47. The van der Waals surface area contributed by atoms with Crippen molar-refractivity contribution in [2.45, 2.75) is 67.7 Å². The number of amides is 1. The van der Waals surface area contributed by atoms with Crippen LogP contribution in [0.1, 0.15) is 66.6 Å². The molecule has 1 aromatic carbocycles. The van der Waals surface area contributed by atoms with E-state index in [1.54, 1.807) is 19.1 Å². The van der Waals surface area contributed by atoms with Gasteiger partial charge in [-0.1, -0.05) is 60.5 Å². The lowest BCUT2D eigenvalue weighted by atomic mass is 9.65. The summed E-state index contributed by atoms with van der Waals surface area (Å²) in [5.74, 6) is 0.757. The zero-order valence-electron chi connectivity index (χ0n) is 17.7. The lowest BCUT2D eigenvalue weighted by Gasteiger charge is -2.40. The third kappa shape index (κ3) is 4.40. The van der Waals surface area contributed by atoms with Crippen molar-refractivity contribution in [3.63, 3.8) is 0 Å². The standard InChI is InChI=1S/C22H33N3O2/c1-8-14(3)22(7,13-21(5,6)9-2)20(27)25-17-12-10-11-16-18(17)23-15(4)24-19(16)26/h10-12,14H,8-9,13H2,1-7H3,(H,25,27)(H,23,24,26). The molecule has 2 rings (SSSR count). The van der Waals surface area contributed by atoms with E-state index < -0.39 is 5.41 Å². The van der Waals surface area contributed by atoms with Gasteiger partial charge in [0, 0.05) is 5.41 Å². The molecule has 1 amide bonds. The summed E-state index contributed by atoms with van der Waals surface area (Å²) in [6.45, 7) is 14.7. The fourth-order valence-electron chi connectivity index (χ4n) is 3.69. The number of rotatable bonds is 7. The molecule has 2 atom stereocenters. The average molecular weight is 372 g/mol. The number of aryl methyl sites for hydroxylation is 1. The molecule has 27 heavy (non-hydrogen) atoms. The minimum absolute atomic E-state index is 0.00869. The van der Waals surface area contributed by atoms with Gasteiger partial charge in [0.25, 0.3) is 5.56 Å². The normalized spacial score (nSPS) is 15.4. The number of para-hydroxylation sites is 1. The van der Waals surface area contributed by atoms with Crippen molar-refractivity contribution in [3.05, 3.63) is 34.4 Å². The molecule has 2 aromatic rings. The smallest absolute Gasteiger partial charge is 0.258 e. The molecular formula is C22H33N3O2. The van der Waals surface area contributed by atoms with Gasteiger partial charge in [0.15, 0.2) is 0 Å². The highest BCUT2D eigenvalue weighted by molar-refractivity contribution is 6.02. The monoisotopic (exact) mass is 371 g/mol. The molecule has 5 heteroatoms. The van der Waals surface area contributed by atoms with Crippen LogP contribution in [0.5, 0.6) is 0 Å². The molecule has 0 spiro atoms. The lowest BCUT2D eigenvalue weighted by molar-refractivity contribution is -0.129. The van der Waals surface area contributed by atoms with Crippen LogP contribution in [0.25, 0.3) is 10.9 Å². The van der Waals surface area contributed by atoms with E-state index in [0.717, 1.165) is 19.3 Å². The molecule has 0 aliphatic heterocycles. The van der Waals surface area contributed by atoms with Gasteiger partial charge in [-0.15, -0.1) is 0 Å². The Bertz CT molecular complexity index is 885. The topological polar surface area (TPSA) is 74.8 Å². The number of hydrogen-bond donors (Lipinski definition) is 2. The molecular weight excluding hydrogens is 338 g/mol. The fourth-order valence-corrected chi connectivity index (χ4v) is 3.69. The summed E-state index contributed by atoms with van der Waals surface area (Å²) in [5.41, 5.74) is 0.502. The average Bonchev–Trinajstić information content (AvgIpc) is 2.61. The molecule has 1 aromatic heterocycles. The van der Waals surface area contributed by atoms with Crippen molar-refractivity contribution in [1.29, 1.82) is 0 Å². The number of aromatic nitrogens is 2. The SMILES string of the molecule is CCC(C)C(C)(CC(C)(C)CC)C(=O)Nc1cccc2c(=O)[nH]c(C)nc12. The second-order valence-electron chi connectivity index (χ2n) is 8.73. The number of benzene rings is 1. The highest BCUT2D eigenvalue weighted by Crippen LogP contribution is 2.43. The maximum absolute atomic E-state index is 13.4. The fraction of sp³-hybridized carbons (Fsp3) is 0.591. The molecule has 2 N–H and O–H groups in total. The number of nitrogens with one attached hydrogen (secondary N) is 2. The van der Waals surface area contributed by atoms with E-state index in [4.69, 9.17) is 0 Å². The zero-order valence-corrected chi connectivity index (χ0v) is 17.7. The van der Waals surface area contributed by atoms with Crippen molar-refractivity contribution in [2.24, 2.45) is 16.7 Å². The zero-order chi connectivity index (χ0) is 20.4. The van der Waals surface area contributed by atoms with E-state index in [-0.39, 0.29) is 22.8 Å². The van der Waals surface area contributed by atoms with Gasteiger partial charge in [0.1, 0.15) is 11.3 Å². The summed E-state index contributed by atoms with van der Waals surface area (Å²) >= 11 is 0. The van der Waals surface area contributed by atoms with Crippen molar-refractivity contribution >= 4 is 22.5 Å². The number of fused-ring (bicyclic) bond motifs is 1. The molecule has 0 aliphatic rings. The van der Waals surface area contributed by atoms with Crippen molar-refractivity contribution in [3.8, 4) is 0 Å². The van der Waals surface area contributed by atoms with E-state index in [1.807, 2.05) is 6.07 Å². The summed E-state index contributed by atoms with van der Waals surface area (Å²) in [6.07, 6.45) is 2.74. The van der Waals surface area contributed by atoms with Gasteiger partial charge in [-0.25, -0.2) is 4.98 Å². The van der Waals surface area contributed by atoms with Crippen molar-refractivity contribution < 1.29 is 4.79 Å². The van der Waals surface area contributed by atoms with Gasteiger partial charge in [-0.3, -0.25) is 9.59 Å². The number of aromatic amines is 1. The molecule has 0 fully saturated rings. The molecule has 148 valence electrons. The van der Waals surface area contributed by atoms with Crippen LogP contribution in [0, 0.1) is 23.7 Å². The Morgan fingerprint density at radius 3 is 2.52 bits per heavy atom. The van der Waals surface area contributed by atoms with Crippen LogP contribution in [-0.4, -0.2) is 15.9 Å². The first-order valence-electron chi connectivity index (χ1n) is 9.85. The number of hydrogen-bond acceptors (Lipinski definition) is 3. The Kier molecular flexibility index (Phi) is 6.13. The highest BCUT2D eigenvalue weighted by atomic mass is 16.2. The maximum Gasteiger partial charge on any atom is 0.258 e. The molecule has 0 aliphatic carbocycles. The summed E-state index contributed by atoms with van der Waals surface area (Å²) < 4.78 is 0. The van der Waals surface area contributed by atoms with Crippen LogP contribution in [0.4, 0.5) is 5.69 Å². The first-order valence-corrected chi connectivity index (χ1v) is 9.85. The third-order valence-corrected chi connectivity index (χ3v) is 6.12. The second kappa shape index (κ2) is 7.83. The van der Waals surface area contributed by atoms with Crippen LogP contribution in [-0.2, 0) is 4.79 Å². The van der Waals surface area contributed by atoms with E-state index in [0.29, 0.717) is 22.4 Å². The van der Waals surface area contributed by atoms with Crippen LogP contribution >= 0.6 is 0 Å². The van der Waals surface area contributed by atoms with Gasteiger partial charge in [0.05, 0.1) is 11.1 Å². The molecule has 0 saturated carbocycles. The summed E-state index contributed by atoms with van der Waals surface area (Å²) in [7, 11) is 0. The third-order valence-electron chi connectivity index (χ3n) is 6.12. The molecule has 1 heterocycles. The molecule has 0 bridgehead atoms. The quantitative estimate of drug-likeness (QED) is 0.715. The van der Waals surface area contributed by atoms with Crippen LogP contribution < -0.4 is 10.9 Å². The number of carbonyl (C=O) groups excluding carboxylic acids is 1. The van der Waals surface area contributed by atoms with Crippen LogP contribution in [0.3, 0.4) is 0 Å². The Hall–Kier alpha value is -2.17. The first kappa shape index (κ1) is 21.1.